The van der Waals surface area contributed by atoms with Crippen LogP contribution in [0.5, 0.6) is 11.5 Å². The molecule has 0 radical (unpaired) electrons. The van der Waals surface area contributed by atoms with Gasteiger partial charge in [-0.05, 0) is 283 Å². The van der Waals surface area contributed by atoms with Crippen molar-refractivity contribution in [2.45, 2.75) is 118 Å². The van der Waals surface area contributed by atoms with Gasteiger partial charge in [-0.1, -0.05) is 31.2 Å². The fraction of sp³-hybridized carbons (Fsp3) is 0.325. The zero-order valence-electron chi connectivity index (χ0n) is 84.5. The SMILES string of the molecule is CCN1CCN(c2ccc3cc(-c4ccc5nc(C)oc5c4)cc(=O)n3c2)C[C@@H]1C.COc1ccc(-c2cc(=O)n3cc(N4CCC(N(C)C)CC4)cc(C)c3n2)cc1F.COc1ccc(-c2cc(=O)n3cc(N4CCN[C@@H](C)C4)cc(C)c3c2)cc1F.Cc1nc2ccc(-c3cc(=O)n4cc(N5CCC(N)CC5)ccc4c3)cc2o1.Cc1nc2ccc(-c3cc(=O)n4cc(N5CCN(C)[C@@H](C)C5)ccc4c3)cc2o1. The summed E-state index contributed by atoms with van der Waals surface area (Å²) in [5.74, 6) is 1.34. The molecule has 5 fully saturated rings. The Balaban J connectivity index is 0.000000115. The van der Waals surface area contributed by atoms with E-state index in [9.17, 15) is 32.8 Å². The highest BCUT2D eigenvalue weighted by Gasteiger charge is 2.29. The normalized spacial score (nSPS) is 16.8. The summed E-state index contributed by atoms with van der Waals surface area (Å²) in [4.78, 5) is 101. The summed E-state index contributed by atoms with van der Waals surface area (Å²) in [6.45, 7) is 31.9. The van der Waals surface area contributed by atoms with E-state index in [0.717, 1.165) is 246 Å². The standard InChI is InChI=1S/C24H26N4O2.C23H27FN4O2.C23H24N4O2.C22H24FN3O2.C22H22N4O2/c1-4-26-9-10-27(14-16(26)2)21-7-6-20-11-19(13-24(29)28(20)15-21)18-5-8-22-23(12-18)30-17(3)25-22;1-15-11-18(27-9-7-17(8-10-27)26(2)3)14-28-22(29)13-20(25-23(15)28)16-5-6-21(30-4)19(24)12-16;1-15-13-26(9-8-25(15)3)20-6-5-19-10-18(12-23(28)27(19)14-20)17-4-7-21-22(11-17)29-16(2)24-21;1-14-8-18(25-7-6-24-15(2)12-25)13-26-20(14)10-17(11-22(26)27)16-4-5-21(28-3)19(23)9-16;1-14-24-20-5-2-15(11-21(20)28-14)16-10-18-3-4-19(13-26(18)22(27)12-16)25-8-6-17(23)7-9-25/h5-8,11-13,15-16H,4,9-10,14H2,1-3H3;5-6,11-14,17H,7-10H2,1-4H3;4-7,10-12,14-15H,8-9,13H2,1-3H3;4-5,8-11,13,15,24H,6-7,12H2,1-3H3;2-5,10-13,17H,6-9,23H2,1H3/t16-;;2*15-;/m0.00./s1. The molecule has 18 heterocycles. The van der Waals surface area contributed by atoms with Gasteiger partial charge in [0.25, 0.3) is 27.8 Å². The van der Waals surface area contributed by atoms with Gasteiger partial charge in [0.05, 0.1) is 53.9 Å². The number of nitrogens with zero attached hydrogens (tertiary/aromatic N) is 17. The van der Waals surface area contributed by atoms with Crippen LogP contribution in [0.25, 0.3) is 117 Å². The van der Waals surface area contributed by atoms with Crippen LogP contribution in [0.3, 0.4) is 0 Å². The van der Waals surface area contributed by atoms with Crippen molar-refractivity contribution in [3.63, 3.8) is 0 Å². The van der Waals surface area contributed by atoms with Crippen LogP contribution in [0.15, 0.2) is 262 Å². The molecule has 0 spiro atoms. The number of rotatable bonds is 14. The Hall–Kier alpha value is -15.2. The fourth-order valence-corrected chi connectivity index (χ4v) is 20.5. The zero-order chi connectivity index (χ0) is 101. The third-order valence-corrected chi connectivity index (χ3v) is 28.9. The van der Waals surface area contributed by atoms with E-state index in [1.165, 1.54) is 32.4 Å². The molecular weight excluding hydrogens is 1830 g/mol. The number of aromatic nitrogens is 9. The summed E-state index contributed by atoms with van der Waals surface area (Å²) >= 11 is 0. The Bertz CT molecular complexity index is 8230. The van der Waals surface area contributed by atoms with Crippen molar-refractivity contribution in [3.05, 3.63) is 317 Å². The lowest BCUT2D eigenvalue weighted by Crippen LogP contribution is -2.51. The predicted molar refractivity (Wildman–Crippen MR) is 574 cm³/mol. The molecule has 0 saturated carbocycles. The van der Waals surface area contributed by atoms with E-state index in [-0.39, 0.29) is 45.3 Å². The minimum Gasteiger partial charge on any atom is -0.494 e. The molecular formula is C114H123F2N19O10. The molecule has 18 aromatic rings. The molecule has 748 valence electrons. The number of nitrogens with two attached hydrogens (primary N) is 1. The molecule has 13 aromatic heterocycles. The van der Waals surface area contributed by atoms with Gasteiger partial charge in [-0.25, -0.2) is 28.7 Å². The molecule has 0 bridgehead atoms. The molecule has 29 nitrogen and oxygen atoms in total. The molecule has 145 heavy (non-hydrogen) atoms. The second-order valence-electron chi connectivity index (χ2n) is 39.0. The molecule has 3 N–H and O–H groups in total. The second kappa shape index (κ2) is 42.0. The van der Waals surface area contributed by atoms with Crippen molar-refractivity contribution >= 4 is 89.5 Å². The van der Waals surface area contributed by atoms with Crippen molar-refractivity contribution in [3.8, 4) is 67.3 Å². The average Bonchev–Trinajstić information content (AvgIpc) is 1.47. The number of anilines is 5. The number of methoxy groups -OCH3 is 2. The van der Waals surface area contributed by atoms with Crippen LogP contribution in [0.2, 0.25) is 0 Å². The van der Waals surface area contributed by atoms with Crippen LogP contribution in [0.4, 0.5) is 37.2 Å². The maximum absolute atomic E-state index is 14.1. The molecule has 0 unspecified atom stereocenters. The number of hydrogen-bond acceptors (Lipinski definition) is 24. The zero-order valence-corrected chi connectivity index (χ0v) is 84.5. The molecule has 5 aliphatic heterocycles. The number of hydrogen-bond donors (Lipinski definition) is 2. The van der Waals surface area contributed by atoms with Crippen molar-refractivity contribution in [1.82, 2.24) is 62.0 Å². The Kier molecular flexibility index (Phi) is 28.6. The van der Waals surface area contributed by atoms with Gasteiger partial charge in [-0.2, -0.15) is 0 Å². The van der Waals surface area contributed by atoms with Crippen LogP contribution in [-0.4, -0.2) is 214 Å². The number of pyridine rings is 9. The van der Waals surface area contributed by atoms with E-state index in [1.54, 1.807) is 70.5 Å². The number of piperidine rings is 2. The fourth-order valence-electron chi connectivity index (χ4n) is 20.5. The summed E-state index contributed by atoms with van der Waals surface area (Å²) in [5.41, 5.74) is 29.4. The smallest absolute Gasteiger partial charge is 0.258 e. The summed E-state index contributed by atoms with van der Waals surface area (Å²) in [6, 6.07) is 61.9. The summed E-state index contributed by atoms with van der Waals surface area (Å²) in [5, 5.41) is 3.43. The largest absolute Gasteiger partial charge is 0.494 e. The van der Waals surface area contributed by atoms with Gasteiger partial charge in [0, 0.05) is 219 Å². The molecule has 5 aliphatic rings. The second-order valence-corrected chi connectivity index (χ2v) is 39.0. The first kappa shape index (κ1) is 98.6. The van der Waals surface area contributed by atoms with Crippen LogP contribution < -0.4 is 72.8 Å². The summed E-state index contributed by atoms with van der Waals surface area (Å²) in [7, 11) is 9.26. The average molecular weight is 1960 g/mol. The van der Waals surface area contributed by atoms with Gasteiger partial charge in [-0.15, -0.1) is 0 Å². The minimum atomic E-state index is -0.481. The third-order valence-electron chi connectivity index (χ3n) is 28.9. The summed E-state index contributed by atoms with van der Waals surface area (Å²) in [6.07, 6.45) is 13.8. The molecule has 5 aromatic carbocycles. The van der Waals surface area contributed by atoms with Crippen molar-refractivity contribution in [2.24, 2.45) is 5.73 Å². The highest BCUT2D eigenvalue weighted by Crippen LogP contribution is 2.36. The number of oxazole rings is 3. The van der Waals surface area contributed by atoms with E-state index in [1.807, 2.05) is 163 Å². The van der Waals surface area contributed by atoms with E-state index in [2.05, 4.69) is 144 Å². The van der Waals surface area contributed by atoms with Gasteiger partial charge in [0.15, 0.2) is 57.6 Å². The lowest BCUT2D eigenvalue weighted by Gasteiger charge is -2.40. The molecule has 5 saturated heterocycles. The number of piperazine rings is 3. The lowest BCUT2D eigenvalue weighted by molar-refractivity contribution is 0.199. The quantitative estimate of drug-likeness (QED) is 0.102. The van der Waals surface area contributed by atoms with Gasteiger partial charge < -0.3 is 68.1 Å². The van der Waals surface area contributed by atoms with Gasteiger partial charge >= 0.3 is 0 Å². The van der Waals surface area contributed by atoms with Gasteiger partial charge in [0.1, 0.15) is 22.2 Å². The Morgan fingerprint density at radius 1 is 0.400 bits per heavy atom. The first-order valence-corrected chi connectivity index (χ1v) is 49.7. The van der Waals surface area contributed by atoms with Crippen molar-refractivity contribution in [2.75, 3.05) is 151 Å². The molecule has 31 heteroatoms. The maximum atomic E-state index is 14.1. The summed E-state index contributed by atoms with van der Waals surface area (Å²) < 4.78 is 63.6. The van der Waals surface area contributed by atoms with Crippen LogP contribution >= 0.6 is 0 Å². The Labute approximate surface area is 838 Å². The van der Waals surface area contributed by atoms with E-state index in [4.69, 9.17) is 28.5 Å². The molecule has 0 aliphatic carbocycles. The van der Waals surface area contributed by atoms with Crippen molar-refractivity contribution in [1.29, 1.82) is 0 Å². The van der Waals surface area contributed by atoms with Gasteiger partial charge in [0.2, 0.25) is 0 Å². The lowest BCUT2D eigenvalue weighted by atomic mass is 10.0. The first-order valence-electron chi connectivity index (χ1n) is 49.7. The highest BCUT2D eigenvalue weighted by atomic mass is 19.1. The Morgan fingerprint density at radius 2 is 0.807 bits per heavy atom. The van der Waals surface area contributed by atoms with Gasteiger partial charge in [-0.3, -0.25) is 50.9 Å². The Morgan fingerprint density at radius 3 is 1.28 bits per heavy atom. The van der Waals surface area contributed by atoms with Crippen LogP contribution in [0, 0.1) is 46.3 Å². The van der Waals surface area contributed by atoms with Crippen LogP contribution in [0.1, 0.15) is 82.2 Å². The van der Waals surface area contributed by atoms with E-state index in [0.29, 0.717) is 69.9 Å². The molecule has 3 atom stereocenters. The van der Waals surface area contributed by atoms with Crippen molar-refractivity contribution < 1.29 is 31.5 Å². The van der Waals surface area contributed by atoms with Crippen LogP contribution in [-0.2, 0) is 0 Å². The number of halogens is 2. The third kappa shape index (κ3) is 21.5. The first-order chi connectivity index (χ1) is 69.9. The monoisotopic (exact) mass is 1960 g/mol. The number of likely N-dealkylation sites (N-methyl/N-ethyl adjacent to an activating group) is 2. The molecule has 23 rings (SSSR count). The topological polar surface area (TPSA) is 281 Å². The predicted octanol–water partition coefficient (Wildman–Crippen LogP) is 17.4. The number of ether oxygens (including phenoxy) is 2. The molecule has 0 amide bonds. The number of aryl methyl sites for hydroxylation is 5. The minimum absolute atomic E-state index is 0.0292. The maximum Gasteiger partial charge on any atom is 0.258 e. The number of benzene rings is 5. The number of nitrogens with one attached hydrogen (secondary N) is 1. The highest BCUT2D eigenvalue weighted by molar-refractivity contribution is 5.85. The number of fused-ring (bicyclic) bond motifs is 8. The van der Waals surface area contributed by atoms with E-state index >= 15 is 0 Å². The van der Waals surface area contributed by atoms with E-state index < -0.39 is 11.6 Å².